The third-order valence-electron chi connectivity index (χ3n) is 17.2. The van der Waals surface area contributed by atoms with Gasteiger partial charge in [0.2, 0.25) is 23.3 Å². The number of hydrogen-bond donors (Lipinski definition) is 4. The van der Waals surface area contributed by atoms with Crippen LogP contribution in [0.2, 0.25) is 0 Å². The first kappa shape index (κ1) is 66.9. The lowest BCUT2D eigenvalue weighted by Gasteiger charge is -2.29. The average molecular weight is 1270 g/mol. The highest BCUT2D eigenvalue weighted by Crippen LogP contribution is 2.35. The first-order valence-electron chi connectivity index (χ1n) is 32.6. The molecule has 0 aliphatic carbocycles. The second-order valence-electron chi connectivity index (χ2n) is 24.3. The maximum absolute atomic E-state index is 12.9. The molecule has 3 saturated heterocycles. The lowest BCUT2D eigenvalue weighted by molar-refractivity contribution is -0.136. The molecule has 3 aromatic heterocycles. The topological polar surface area (TPSA) is 317 Å². The Morgan fingerprint density at radius 3 is 1.29 bits per heavy atom. The lowest BCUT2D eigenvalue weighted by Crippen LogP contribution is -2.42. The molecule has 6 aliphatic heterocycles. The summed E-state index contributed by atoms with van der Waals surface area (Å²) in [5.74, 6) is -1.12. The van der Waals surface area contributed by atoms with E-state index in [4.69, 9.17) is 31.4 Å². The van der Waals surface area contributed by atoms with E-state index in [2.05, 4.69) is 94.1 Å². The van der Waals surface area contributed by atoms with Gasteiger partial charge in [0.1, 0.15) is 41.5 Å². The molecular formula is C68H86N16O9. The second-order valence-corrected chi connectivity index (χ2v) is 24.3. The molecule has 0 unspecified atom stereocenters. The quantitative estimate of drug-likeness (QED) is 0.0378. The Balaban J connectivity index is 0.000000153. The highest BCUT2D eigenvalue weighted by molar-refractivity contribution is 6.44. The summed E-state index contributed by atoms with van der Waals surface area (Å²) in [5.41, 5.74) is 26.2. The number of ether oxygens (including phenoxy) is 3. The van der Waals surface area contributed by atoms with E-state index in [1.54, 1.807) is 7.11 Å². The minimum absolute atomic E-state index is 0.0548. The zero-order valence-electron chi connectivity index (χ0n) is 53.7. The Hall–Kier alpha value is -9.04. The van der Waals surface area contributed by atoms with Crippen molar-refractivity contribution in [2.24, 2.45) is 0 Å². The molecule has 93 heavy (non-hydrogen) atoms. The molecule has 9 heterocycles. The van der Waals surface area contributed by atoms with Crippen molar-refractivity contribution in [3.63, 3.8) is 0 Å². The van der Waals surface area contributed by atoms with Gasteiger partial charge in [-0.1, -0.05) is 99.5 Å². The molecule has 12 rings (SSSR count). The number of ketones is 3. The van der Waals surface area contributed by atoms with Crippen molar-refractivity contribution in [2.45, 2.75) is 137 Å². The van der Waals surface area contributed by atoms with Crippen molar-refractivity contribution < 1.29 is 43.0 Å². The molecule has 7 N–H and O–H groups in total. The van der Waals surface area contributed by atoms with E-state index in [1.165, 1.54) is 64.4 Å². The van der Waals surface area contributed by atoms with Crippen LogP contribution in [-0.2, 0) is 92.0 Å². The van der Waals surface area contributed by atoms with Gasteiger partial charge in [-0.2, -0.15) is 29.9 Å². The Kier molecular flexibility index (Phi) is 23.0. The summed E-state index contributed by atoms with van der Waals surface area (Å²) >= 11 is 0. The largest absolute Gasteiger partial charge is 0.463 e. The molecule has 0 saturated carbocycles. The summed E-state index contributed by atoms with van der Waals surface area (Å²) in [4.78, 5) is 113. The number of rotatable bonds is 24. The molecule has 0 spiro atoms. The minimum atomic E-state index is -0.599. The molecule has 6 aromatic rings. The number of hydrogen-bond acceptors (Lipinski definition) is 22. The van der Waals surface area contributed by atoms with Crippen LogP contribution < -0.4 is 46.7 Å². The highest BCUT2D eigenvalue weighted by atomic mass is 16.5. The van der Waals surface area contributed by atoms with Crippen molar-refractivity contribution in [1.82, 2.24) is 44.6 Å². The van der Waals surface area contributed by atoms with Crippen LogP contribution in [0.1, 0.15) is 128 Å². The Morgan fingerprint density at radius 1 is 0.441 bits per heavy atom. The third-order valence-corrected chi connectivity index (χ3v) is 17.2. The third kappa shape index (κ3) is 17.2. The van der Waals surface area contributed by atoms with Gasteiger partial charge >= 0.3 is 12.0 Å². The SMILES string of the molecule is CCCCNc1nc(N)c2c(n1)N(Cc1cccc(CN3CCCC3)c1)C(=O)C(=O)C2.CCCCOc1nc(N)c2c(n1)N(Cc1ccccc1CN1CCCC1)C(=O)C(=O)C2.COCCOc1nc(N)c2c(n1)N(Cc1cccc(CN3CCCC3)c1)C(=O)C(=O)C2. The van der Waals surface area contributed by atoms with Gasteiger partial charge in [-0.25, -0.2) is 0 Å². The molecular weight excluding hydrogens is 1180 g/mol. The monoisotopic (exact) mass is 1270 g/mol. The van der Waals surface area contributed by atoms with Crippen LogP contribution >= 0.6 is 0 Å². The summed E-state index contributed by atoms with van der Waals surface area (Å²) < 4.78 is 16.1. The molecule has 25 heteroatoms. The number of nitrogens with one attached hydrogen (secondary N) is 1. The van der Waals surface area contributed by atoms with Gasteiger partial charge in [0.15, 0.2) is 0 Å². The zero-order chi connectivity index (χ0) is 65.4. The zero-order valence-corrected chi connectivity index (χ0v) is 53.7. The van der Waals surface area contributed by atoms with E-state index in [9.17, 15) is 28.8 Å². The van der Waals surface area contributed by atoms with Crippen LogP contribution in [0.4, 0.5) is 40.9 Å². The molecule has 492 valence electrons. The number of fused-ring (bicyclic) bond motifs is 3. The number of aromatic nitrogens is 6. The minimum Gasteiger partial charge on any atom is -0.463 e. The smallest absolute Gasteiger partial charge is 0.320 e. The molecule has 3 aromatic carbocycles. The van der Waals surface area contributed by atoms with E-state index >= 15 is 0 Å². The van der Waals surface area contributed by atoms with Crippen molar-refractivity contribution in [3.05, 3.63) is 123 Å². The van der Waals surface area contributed by atoms with Gasteiger partial charge in [-0.3, -0.25) is 58.2 Å². The molecule has 3 fully saturated rings. The number of Topliss-reactive ketones (excluding diaryl/α,β-unsaturated/α-hetero) is 3. The number of amides is 3. The van der Waals surface area contributed by atoms with E-state index in [-0.39, 0.29) is 75.0 Å². The Morgan fingerprint density at radius 2 is 0.839 bits per heavy atom. The lowest BCUT2D eigenvalue weighted by atomic mass is 10.0. The molecule has 3 amide bonds. The number of nitrogens with two attached hydrogens (primary N) is 3. The number of nitrogen functional groups attached to an aromatic ring is 3. The fraction of sp³-hybridized carbons (Fsp3) is 0.471. The standard InChI is InChI=1S/C23H30N6O2.C23H29N5O3.C22H27N5O4/c1-2-3-9-25-23-26-20(24)18-13-19(30)22(31)29(21(18)27-23)15-17-8-6-7-16(12-17)14-28-10-4-5-11-28;1-2-3-12-31-23-25-20(24)18-13-19(29)22(30)28(21(18)26-23)15-17-9-5-4-8-16(17)14-27-10-6-7-11-27;1-30-9-10-31-22-24-19(23)17-12-18(28)21(29)27(20(17)25-22)14-16-6-4-5-15(11-16)13-26-7-2-3-8-26/h6-8,12H,2-5,9-11,13-15H2,1H3,(H3,24,25,26,27);4-5,8-9H,2-3,6-7,10-15H2,1H3,(H2,24,25,26);4-6,11H,2-3,7-10,12-14H2,1H3,(H2,23,24,25). The predicted molar refractivity (Wildman–Crippen MR) is 353 cm³/mol. The molecule has 0 bridgehead atoms. The molecule has 25 nitrogen and oxygen atoms in total. The average Bonchev–Trinajstić information content (AvgIpc) is 1.10. The summed E-state index contributed by atoms with van der Waals surface area (Å²) in [6.45, 7) is 16.0. The number of carbonyl (C=O) groups excluding carboxylic acids is 6. The van der Waals surface area contributed by atoms with Gasteiger partial charge in [0.05, 0.1) is 32.8 Å². The number of nitrogens with zero attached hydrogens (tertiary/aromatic N) is 12. The van der Waals surface area contributed by atoms with E-state index in [1.807, 2.05) is 42.5 Å². The van der Waals surface area contributed by atoms with Crippen LogP contribution in [0.3, 0.4) is 0 Å². The van der Waals surface area contributed by atoms with Gasteiger partial charge < -0.3 is 36.7 Å². The first-order chi connectivity index (χ1) is 45.2. The fourth-order valence-electron chi connectivity index (χ4n) is 12.2. The van der Waals surface area contributed by atoms with Crippen LogP contribution in [0, 0.1) is 0 Å². The number of benzene rings is 3. The number of unbranched alkanes of at least 4 members (excludes halogenated alkanes) is 2. The van der Waals surface area contributed by atoms with Crippen molar-refractivity contribution in [3.8, 4) is 12.0 Å². The van der Waals surface area contributed by atoms with Gasteiger partial charge in [-0.05, 0) is 124 Å². The summed E-state index contributed by atoms with van der Waals surface area (Å²) in [5, 5.41) is 3.17. The number of anilines is 7. The summed E-state index contributed by atoms with van der Waals surface area (Å²) in [7, 11) is 1.56. The first-order valence-corrected chi connectivity index (χ1v) is 32.6. The summed E-state index contributed by atoms with van der Waals surface area (Å²) in [6, 6.07) is 24.5. The van der Waals surface area contributed by atoms with Crippen molar-refractivity contribution in [2.75, 3.05) is 110 Å². The maximum atomic E-state index is 12.9. The van der Waals surface area contributed by atoms with E-state index < -0.39 is 35.1 Å². The Labute approximate surface area is 542 Å². The number of carbonyl (C=O) groups is 6. The van der Waals surface area contributed by atoms with Crippen molar-refractivity contribution >= 4 is 75.9 Å². The fourth-order valence-corrected chi connectivity index (χ4v) is 12.2. The van der Waals surface area contributed by atoms with Crippen LogP contribution in [0.15, 0.2) is 72.8 Å². The van der Waals surface area contributed by atoms with Crippen LogP contribution in [-0.4, -0.2) is 152 Å². The second kappa shape index (κ2) is 32.0. The van der Waals surface area contributed by atoms with E-state index in [0.717, 1.165) is 113 Å². The summed E-state index contributed by atoms with van der Waals surface area (Å²) in [6.07, 6.45) is 11.0. The van der Waals surface area contributed by atoms with Gasteiger partial charge in [-0.15, -0.1) is 0 Å². The molecule has 6 aliphatic rings. The Bertz CT molecular complexity index is 3510. The highest BCUT2D eigenvalue weighted by Gasteiger charge is 2.38. The normalized spacial score (nSPS) is 16.6. The molecule has 0 atom stereocenters. The van der Waals surface area contributed by atoms with Crippen LogP contribution in [0.25, 0.3) is 0 Å². The number of methoxy groups -OCH3 is 1. The molecule has 0 radical (unpaired) electrons. The predicted octanol–water partition coefficient (Wildman–Crippen LogP) is 6.36. The van der Waals surface area contributed by atoms with Gasteiger partial charge in [0, 0.05) is 69.2 Å². The van der Waals surface area contributed by atoms with Crippen molar-refractivity contribution in [1.29, 1.82) is 0 Å². The van der Waals surface area contributed by atoms with E-state index in [0.29, 0.717) is 53.3 Å². The van der Waals surface area contributed by atoms with Crippen LogP contribution in [0.5, 0.6) is 12.0 Å². The number of likely N-dealkylation sites (tertiary alicyclic amines) is 3. The van der Waals surface area contributed by atoms with Gasteiger partial charge in [0.25, 0.3) is 17.7 Å². The maximum Gasteiger partial charge on any atom is 0.320 e.